The predicted octanol–water partition coefficient (Wildman–Crippen LogP) is 2.33. The standard InChI is InChI=1S/C19H31N3O3S.ClH/c1-2-12-20-13-14-21-19(23)11-8-17-6-9-18(10-7-17)26(24,25)22-15-4-3-5-16-22;/h6-7,9-10,20H,2-5,8,11-16H2,1H3,(H,21,23);1H. The van der Waals surface area contributed by atoms with Crippen molar-refractivity contribution in [1.29, 1.82) is 0 Å². The minimum atomic E-state index is -3.38. The quantitative estimate of drug-likeness (QED) is 0.572. The number of halogens is 1. The number of nitrogens with zero attached hydrogens (tertiary/aromatic N) is 1. The molecule has 0 spiro atoms. The molecule has 1 aliphatic rings. The van der Waals surface area contributed by atoms with Gasteiger partial charge in [0.25, 0.3) is 0 Å². The Morgan fingerprint density at radius 3 is 2.33 bits per heavy atom. The number of aryl methyl sites for hydroxylation is 1. The highest BCUT2D eigenvalue weighted by molar-refractivity contribution is 7.89. The molecule has 27 heavy (non-hydrogen) atoms. The summed E-state index contributed by atoms with van der Waals surface area (Å²) in [6.07, 6.45) is 5.06. The van der Waals surface area contributed by atoms with Gasteiger partial charge in [-0.25, -0.2) is 8.42 Å². The molecule has 0 radical (unpaired) electrons. The van der Waals surface area contributed by atoms with Crippen molar-refractivity contribution in [2.45, 2.75) is 50.3 Å². The molecule has 0 aliphatic carbocycles. The molecule has 154 valence electrons. The van der Waals surface area contributed by atoms with Crippen LogP contribution >= 0.6 is 12.4 Å². The van der Waals surface area contributed by atoms with E-state index in [9.17, 15) is 13.2 Å². The molecule has 2 N–H and O–H groups in total. The summed E-state index contributed by atoms with van der Waals surface area (Å²) >= 11 is 0. The van der Waals surface area contributed by atoms with Crippen molar-refractivity contribution in [2.24, 2.45) is 0 Å². The summed E-state index contributed by atoms with van der Waals surface area (Å²) in [7, 11) is -3.38. The molecule has 1 aromatic carbocycles. The summed E-state index contributed by atoms with van der Waals surface area (Å²) in [4.78, 5) is 12.2. The first-order valence-corrected chi connectivity index (χ1v) is 11.0. The fourth-order valence-electron chi connectivity index (χ4n) is 3.02. The molecule has 2 rings (SSSR count). The molecule has 0 atom stereocenters. The largest absolute Gasteiger partial charge is 0.355 e. The summed E-state index contributed by atoms with van der Waals surface area (Å²) in [5.74, 6) is 0.0216. The van der Waals surface area contributed by atoms with Gasteiger partial charge in [0.2, 0.25) is 15.9 Å². The van der Waals surface area contributed by atoms with Gasteiger partial charge in [0, 0.05) is 32.6 Å². The zero-order valence-electron chi connectivity index (χ0n) is 16.1. The van der Waals surface area contributed by atoms with Crippen LogP contribution in [-0.4, -0.2) is 51.4 Å². The van der Waals surface area contributed by atoms with Crippen molar-refractivity contribution in [2.75, 3.05) is 32.7 Å². The van der Waals surface area contributed by atoms with Crippen molar-refractivity contribution >= 4 is 28.3 Å². The molecule has 1 amide bonds. The number of carbonyl (C=O) groups is 1. The third-order valence-corrected chi connectivity index (χ3v) is 6.48. The van der Waals surface area contributed by atoms with Crippen LogP contribution in [0.3, 0.4) is 0 Å². The Morgan fingerprint density at radius 1 is 1.04 bits per heavy atom. The summed E-state index contributed by atoms with van der Waals surface area (Å²) in [5, 5.41) is 6.12. The van der Waals surface area contributed by atoms with Crippen molar-refractivity contribution < 1.29 is 13.2 Å². The number of sulfonamides is 1. The van der Waals surface area contributed by atoms with Gasteiger partial charge in [0.05, 0.1) is 4.90 Å². The van der Waals surface area contributed by atoms with Gasteiger partial charge in [0.1, 0.15) is 0 Å². The van der Waals surface area contributed by atoms with Crippen molar-refractivity contribution in [3.63, 3.8) is 0 Å². The Morgan fingerprint density at radius 2 is 1.70 bits per heavy atom. The van der Waals surface area contributed by atoms with Gasteiger partial charge in [-0.1, -0.05) is 25.5 Å². The monoisotopic (exact) mass is 417 g/mol. The minimum Gasteiger partial charge on any atom is -0.355 e. The smallest absolute Gasteiger partial charge is 0.243 e. The zero-order chi connectivity index (χ0) is 18.8. The summed E-state index contributed by atoms with van der Waals surface area (Å²) in [6.45, 7) is 5.69. The lowest BCUT2D eigenvalue weighted by Crippen LogP contribution is -2.35. The van der Waals surface area contributed by atoms with Crippen LogP contribution in [0.5, 0.6) is 0 Å². The van der Waals surface area contributed by atoms with E-state index in [4.69, 9.17) is 0 Å². The number of amides is 1. The Labute approximate surface area is 169 Å². The molecule has 1 heterocycles. The second-order valence-electron chi connectivity index (χ2n) is 6.71. The molecule has 0 saturated carbocycles. The van der Waals surface area contributed by atoms with Crippen LogP contribution in [0, 0.1) is 0 Å². The number of piperidine rings is 1. The lowest BCUT2D eigenvalue weighted by molar-refractivity contribution is -0.121. The number of benzene rings is 1. The van der Waals surface area contributed by atoms with Crippen molar-refractivity contribution in [3.8, 4) is 0 Å². The van der Waals surface area contributed by atoms with E-state index in [1.165, 1.54) is 0 Å². The molecular formula is C19H32ClN3O3S. The summed E-state index contributed by atoms with van der Waals surface area (Å²) in [6, 6.07) is 6.94. The molecule has 1 aromatic rings. The maximum Gasteiger partial charge on any atom is 0.243 e. The van der Waals surface area contributed by atoms with Crippen LogP contribution in [-0.2, 0) is 21.2 Å². The molecule has 0 aromatic heterocycles. The van der Waals surface area contributed by atoms with E-state index in [1.807, 2.05) is 12.1 Å². The van der Waals surface area contributed by atoms with Gasteiger partial charge in [-0.05, 0) is 49.9 Å². The average molecular weight is 418 g/mol. The van der Waals surface area contributed by atoms with E-state index in [1.54, 1.807) is 16.4 Å². The van der Waals surface area contributed by atoms with E-state index in [-0.39, 0.29) is 18.3 Å². The van der Waals surface area contributed by atoms with Gasteiger partial charge >= 0.3 is 0 Å². The van der Waals surface area contributed by atoms with Crippen LogP contribution in [0.25, 0.3) is 0 Å². The zero-order valence-corrected chi connectivity index (χ0v) is 17.7. The molecule has 1 fully saturated rings. The number of hydrogen-bond donors (Lipinski definition) is 2. The van der Waals surface area contributed by atoms with E-state index in [0.29, 0.717) is 37.4 Å². The third kappa shape index (κ3) is 7.78. The third-order valence-electron chi connectivity index (χ3n) is 4.57. The molecule has 8 heteroatoms. The van der Waals surface area contributed by atoms with Crippen molar-refractivity contribution in [3.05, 3.63) is 29.8 Å². The van der Waals surface area contributed by atoms with E-state index < -0.39 is 10.0 Å². The van der Waals surface area contributed by atoms with E-state index in [2.05, 4.69) is 17.6 Å². The normalized spacial score (nSPS) is 15.1. The van der Waals surface area contributed by atoms with Gasteiger partial charge in [-0.15, -0.1) is 12.4 Å². The average Bonchev–Trinajstić information content (AvgIpc) is 2.67. The number of rotatable bonds is 10. The topological polar surface area (TPSA) is 78.5 Å². The van der Waals surface area contributed by atoms with Crippen molar-refractivity contribution in [1.82, 2.24) is 14.9 Å². The maximum atomic E-state index is 12.6. The molecule has 6 nitrogen and oxygen atoms in total. The van der Waals surface area contributed by atoms with Crippen LogP contribution in [0.2, 0.25) is 0 Å². The SMILES string of the molecule is CCCNCCNC(=O)CCc1ccc(S(=O)(=O)N2CCCCC2)cc1.Cl. The first-order valence-electron chi connectivity index (χ1n) is 9.60. The number of nitrogens with one attached hydrogen (secondary N) is 2. The minimum absolute atomic E-state index is 0. The van der Waals surface area contributed by atoms with Crippen LogP contribution in [0.15, 0.2) is 29.2 Å². The van der Waals surface area contributed by atoms with Crippen LogP contribution in [0.4, 0.5) is 0 Å². The van der Waals surface area contributed by atoms with Gasteiger partial charge in [-0.3, -0.25) is 4.79 Å². The molecule has 0 unspecified atom stereocenters. The lowest BCUT2D eigenvalue weighted by Gasteiger charge is -2.25. The fraction of sp³-hybridized carbons (Fsp3) is 0.632. The van der Waals surface area contributed by atoms with Gasteiger partial charge < -0.3 is 10.6 Å². The second kappa shape index (κ2) is 12.3. The fourth-order valence-corrected chi connectivity index (χ4v) is 4.54. The Kier molecular flexibility index (Phi) is 10.9. The first kappa shape index (κ1) is 23.9. The Bertz CT molecular complexity index is 659. The Hall–Kier alpha value is -1.15. The molecule has 1 aliphatic heterocycles. The predicted molar refractivity (Wildman–Crippen MR) is 111 cm³/mol. The lowest BCUT2D eigenvalue weighted by atomic mass is 10.1. The van der Waals surface area contributed by atoms with Gasteiger partial charge in [0.15, 0.2) is 0 Å². The highest BCUT2D eigenvalue weighted by atomic mass is 35.5. The second-order valence-corrected chi connectivity index (χ2v) is 8.65. The first-order chi connectivity index (χ1) is 12.5. The van der Waals surface area contributed by atoms with Crippen LogP contribution < -0.4 is 10.6 Å². The number of hydrogen-bond acceptors (Lipinski definition) is 4. The highest BCUT2D eigenvalue weighted by Crippen LogP contribution is 2.21. The van der Waals surface area contributed by atoms with E-state index in [0.717, 1.165) is 44.3 Å². The maximum absolute atomic E-state index is 12.6. The Balaban J connectivity index is 0.00000364. The summed E-state index contributed by atoms with van der Waals surface area (Å²) < 4.78 is 26.8. The van der Waals surface area contributed by atoms with Crippen LogP contribution in [0.1, 0.15) is 44.6 Å². The van der Waals surface area contributed by atoms with Gasteiger partial charge in [-0.2, -0.15) is 4.31 Å². The number of carbonyl (C=O) groups excluding carboxylic acids is 1. The summed E-state index contributed by atoms with van der Waals surface area (Å²) in [5.41, 5.74) is 0.974. The molecular weight excluding hydrogens is 386 g/mol. The molecule has 1 saturated heterocycles. The van der Waals surface area contributed by atoms with E-state index >= 15 is 0 Å². The molecule has 0 bridgehead atoms. The highest BCUT2D eigenvalue weighted by Gasteiger charge is 2.25.